The summed E-state index contributed by atoms with van der Waals surface area (Å²) in [6.45, 7) is 2.15. The maximum Gasteiger partial charge on any atom is 0.458 e. The van der Waals surface area contributed by atoms with Crippen molar-refractivity contribution in [3.8, 4) is 45.4 Å². The van der Waals surface area contributed by atoms with Gasteiger partial charge in [-0.2, -0.15) is 13.2 Å². The summed E-state index contributed by atoms with van der Waals surface area (Å²) < 4.78 is 112. The fraction of sp³-hybridized carbons (Fsp3) is 0.194. The third-order valence-electron chi connectivity index (χ3n) is 7.41. The second kappa shape index (κ2) is 13.1. The average Bonchev–Trinajstić information content (AvgIpc) is 2.98. The van der Waals surface area contributed by atoms with E-state index in [1.807, 2.05) is 6.07 Å². The van der Waals surface area contributed by atoms with Crippen molar-refractivity contribution in [1.29, 1.82) is 0 Å². The number of halogens is 8. The van der Waals surface area contributed by atoms with E-state index in [4.69, 9.17) is 0 Å². The highest BCUT2D eigenvalue weighted by Gasteiger charge is 2.24. The Bertz CT molecular complexity index is 1910. The van der Waals surface area contributed by atoms with Gasteiger partial charge in [0.25, 0.3) is 0 Å². The number of hydrogen-bond donors (Lipinski definition) is 0. The molecule has 0 radical (unpaired) electrons. The van der Waals surface area contributed by atoms with Crippen molar-refractivity contribution in [2.75, 3.05) is 0 Å². The number of pyridine rings is 1. The minimum Gasteiger partial charge on any atom is -0.256 e. The summed E-state index contributed by atoms with van der Waals surface area (Å²) >= 11 is 0. The SMILES string of the molecule is CCCCCCc1ccc(-c2ccc(-c3cc(F)c(-c4ccc5c(F)c(C#CC(F)(F)F)c(F)cc5c4)c(F)c3)c(F)c2)nc1. The number of nitrogens with zero attached hydrogens (tertiary/aromatic N) is 1. The van der Waals surface area contributed by atoms with Crippen molar-refractivity contribution in [3.05, 3.63) is 113 Å². The van der Waals surface area contributed by atoms with Gasteiger partial charge in [0.05, 0.1) is 16.8 Å². The lowest BCUT2D eigenvalue weighted by Crippen LogP contribution is -2.02. The number of benzene rings is 4. The van der Waals surface area contributed by atoms with Crippen LogP contribution < -0.4 is 0 Å². The van der Waals surface area contributed by atoms with Crippen LogP contribution in [0.25, 0.3) is 44.3 Å². The molecular formula is C36H25F8N. The summed E-state index contributed by atoms with van der Waals surface area (Å²) in [5.74, 6) is -3.26. The number of alkyl halides is 3. The third-order valence-corrected chi connectivity index (χ3v) is 7.41. The second-order valence-electron chi connectivity index (χ2n) is 10.6. The highest BCUT2D eigenvalue weighted by atomic mass is 19.4. The molecule has 0 unspecified atom stereocenters. The zero-order chi connectivity index (χ0) is 32.3. The Morgan fingerprint density at radius 1 is 0.689 bits per heavy atom. The number of fused-ring (bicyclic) bond motifs is 1. The molecule has 9 heteroatoms. The van der Waals surface area contributed by atoms with Gasteiger partial charge >= 0.3 is 6.18 Å². The Labute approximate surface area is 254 Å². The molecule has 0 N–H and O–H groups in total. The zero-order valence-electron chi connectivity index (χ0n) is 23.9. The number of unbranched alkanes of at least 4 members (excludes halogenated alkanes) is 3. The molecule has 0 aliphatic heterocycles. The predicted octanol–water partition coefficient (Wildman–Crippen LogP) is 11.0. The van der Waals surface area contributed by atoms with E-state index in [1.54, 1.807) is 18.3 Å². The second-order valence-corrected chi connectivity index (χ2v) is 10.6. The smallest absolute Gasteiger partial charge is 0.256 e. The van der Waals surface area contributed by atoms with Gasteiger partial charge in [0.15, 0.2) is 0 Å². The van der Waals surface area contributed by atoms with E-state index in [1.165, 1.54) is 24.5 Å². The van der Waals surface area contributed by atoms with Crippen molar-refractivity contribution >= 4 is 10.8 Å². The van der Waals surface area contributed by atoms with E-state index in [9.17, 15) is 22.0 Å². The van der Waals surface area contributed by atoms with Crippen molar-refractivity contribution in [2.24, 2.45) is 0 Å². The molecule has 4 aromatic carbocycles. The molecule has 230 valence electrons. The van der Waals surface area contributed by atoms with Crippen LogP contribution in [0.2, 0.25) is 0 Å². The fourth-order valence-electron chi connectivity index (χ4n) is 5.15. The molecule has 0 amide bonds. The van der Waals surface area contributed by atoms with Gasteiger partial charge in [0.1, 0.15) is 29.1 Å². The first-order valence-corrected chi connectivity index (χ1v) is 14.2. The van der Waals surface area contributed by atoms with Crippen LogP contribution in [-0.4, -0.2) is 11.2 Å². The maximum atomic E-state index is 15.3. The lowest BCUT2D eigenvalue weighted by molar-refractivity contribution is -0.0696. The van der Waals surface area contributed by atoms with Crippen LogP contribution in [0.5, 0.6) is 0 Å². The van der Waals surface area contributed by atoms with E-state index in [2.05, 4.69) is 11.9 Å². The summed E-state index contributed by atoms with van der Waals surface area (Å²) in [7, 11) is 0. The van der Waals surface area contributed by atoms with Crippen molar-refractivity contribution in [2.45, 2.75) is 45.2 Å². The number of aromatic nitrogens is 1. The first kappa shape index (κ1) is 31.7. The Balaban J connectivity index is 1.41. The van der Waals surface area contributed by atoms with Crippen molar-refractivity contribution < 1.29 is 35.1 Å². The van der Waals surface area contributed by atoms with Gasteiger partial charge in [0, 0.05) is 28.6 Å². The zero-order valence-corrected chi connectivity index (χ0v) is 23.9. The van der Waals surface area contributed by atoms with E-state index in [-0.39, 0.29) is 27.5 Å². The quantitative estimate of drug-likeness (QED) is 0.0952. The average molecular weight is 624 g/mol. The molecule has 0 fully saturated rings. The van der Waals surface area contributed by atoms with Gasteiger partial charge in [-0.3, -0.25) is 4.98 Å². The van der Waals surface area contributed by atoms with E-state index in [0.717, 1.165) is 73.6 Å². The van der Waals surface area contributed by atoms with E-state index < -0.39 is 46.4 Å². The number of hydrogen-bond acceptors (Lipinski definition) is 1. The normalized spacial score (nSPS) is 11.5. The van der Waals surface area contributed by atoms with Gasteiger partial charge < -0.3 is 0 Å². The Kier molecular flexibility index (Phi) is 9.24. The summed E-state index contributed by atoms with van der Waals surface area (Å²) in [6, 6.07) is 13.9. The van der Waals surface area contributed by atoms with Crippen LogP contribution in [-0.2, 0) is 6.42 Å². The van der Waals surface area contributed by atoms with Crippen molar-refractivity contribution in [1.82, 2.24) is 4.98 Å². The number of rotatable bonds is 8. The molecule has 45 heavy (non-hydrogen) atoms. The molecule has 1 heterocycles. The van der Waals surface area contributed by atoms with Crippen LogP contribution in [0.15, 0.2) is 72.9 Å². The molecular weight excluding hydrogens is 598 g/mol. The Morgan fingerprint density at radius 2 is 1.40 bits per heavy atom. The highest BCUT2D eigenvalue weighted by Crippen LogP contribution is 2.35. The monoisotopic (exact) mass is 623 g/mol. The predicted molar refractivity (Wildman–Crippen MR) is 159 cm³/mol. The van der Waals surface area contributed by atoms with Gasteiger partial charge in [0.2, 0.25) is 0 Å². The molecule has 0 saturated heterocycles. The summed E-state index contributed by atoms with van der Waals surface area (Å²) in [4.78, 5) is 4.44. The Morgan fingerprint density at radius 3 is 2.04 bits per heavy atom. The van der Waals surface area contributed by atoms with Crippen molar-refractivity contribution in [3.63, 3.8) is 0 Å². The van der Waals surface area contributed by atoms with E-state index in [0.29, 0.717) is 11.3 Å². The third kappa shape index (κ3) is 7.17. The molecule has 5 aromatic rings. The fourth-order valence-corrected chi connectivity index (χ4v) is 5.15. The summed E-state index contributed by atoms with van der Waals surface area (Å²) in [5.41, 5.74) is 0.312. The molecule has 0 aliphatic carbocycles. The molecule has 0 spiro atoms. The van der Waals surface area contributed by atoms with Gasteiger partial charge in [-0.1, -0.05) is 62.4 Å². The molecule has 1 nitrogen and oxygen atoms in total. The minimum absolute atomic E-state index is 0.0502. The van der Waals surface area contributed by atoms with E-state index >= 15 is 13.2 Å². The molecule has 5 rings (SSSR count). The topological polar surface area (TPSA) is 12.9 Å². The standard InChI is InChI=1S/C36H25F8N/c1-2-3-4-5-6-21-7-12-33(45-20-21)22-8-10-26(29(37)16-22)25-18-31(39)34(32(40)19-25)23-9-11-27-24(15-23)17-30(38)28(35(27)41)13-14-36(42,43)44/h7-12,15-20H,2-6H2,1H3. The maximum absolute atomic E-state index is 15.3. The Hall–Kier alpha value is -4.71. The van der Waals surface area contributed by atoms with Crippen LogP contribution >= 0.6 is 0 Å². The molecule has 0 atom stereocenters. The number of aryl methyl sites for hydroxylation is 1. The minimum atomic E-state index is -4.96. The van der Waals surface area contributed by atoms with Crippen LogP contribution in [0.3, 0.4) is 0 Å². The summed E-state index contributed by atoms with van der Waals surface area (Å²) in [5, 5.41) is -0.440. The van der Waals surface area contributed by atoms with Crippen LogP contribution in [0.4, 0.5) is 35.1 Å². The van der Waals surface area contributed by atoms with Crippen LogP contribution in [0, 0.1) is 40.9 Å². The first-order chi connectivity index (χ1) is 21.4. The van der Waals surface area contributed by atoms with Gasteiger partial charge in [-0.25, -0.2) is 22.0 Å². The molecule has 0 aliphatic rings. The lowest BCUT2D eigenvalue weighted by Gasteiger charge is -2.12. The van der Waals surface area contributed by atoms with Crippen LogP contribution in [0.1, 0.15) is 43.7 Å². The van der Waals surface area contributed by atoms with Gasteiger partial charge in [-0.15, -0.1) is 0 Å². The lowest BCUT2D eigenvalue weighted by atomic mass is 9.95. The highest BCUT2D eigenvalue weighted by molar-refractivity contribution is 5.89. The first-order valence-electron chi connectivity index (χ1n) is 14.2. The largest absolute Gasteiger partial charge is 0.458 e. The molecule has 0 saturated carbocycles. The molecule has 0 bridgehead atoms. The van der Waals surface area contributed by atoms with Gasteiger partial charge in [-0.05, 0) is 71.3 Å². The molecule has 1 aromatic heterocycles. The summed E-state index contributed by atoms with van der Waals surface area (Å²) in [6.07, 6.45) is 2.23.